The molecule has 4 nitrogen and oxygen atoms in total. The van der Waals surface area contributed by atoms with Gasteiger partial charge in [-0.15, -0.1) is 0 Å². The van der Waals surface area contributed by atoms with Crippen LogP contribution in [0.1, 0.15) is 0 Å². The molecule has 2 N–H and O–H groups in total. The molecule has 1 heterocycles. The number of nitrogens with one attached hydrogen (secondary N) is 2. The number of hydrogen-bond donors (Lipinski definition) is 2. The lowest BCUT2D eigenvalue weighted by Crippen LogP contribution is -2.49. The van der Waals surface area contributed by atoms with Crippen LogP contribution < -0.4 is 10.6 Å². The lowest BCUT2D eigenvalue weighted by Gasteiger charge is -2.23. The molecule has 0 radical (unpaired) electrons. The summed E-state index contributed by atoms with van der Waals surface area (Å²) >= 11 is 0. The highest BCUT2D eigenvalue weighted by atomic mass is 16.2. The van der Waals surface area contributed by atoms with Gasteiger partial charge in [0.15, 0.2) is 0 Å². The fourth-order valence-corrected chi connectivity index (χ4v) is 0.734. The quantitative estimate of drug-likeness (QED) is 0.526. The molecule has 4 heteroatoms. The van der Waals surface area contributed by atoms with Crippen LogP contribution in [0.15, 0.2) is 12.3 Å². The summed E-state index contributed by atoms with van der Waals surface area (Å²) in [6.45, 7) is 0. The van der Waals surface area contributed by atoms with Gasteiger partial charge in [0.1, 0.15) is 6.17 Å². The molecule has 0 spiro atoms. The monoisotopic (exact) mass is 141 g/mol. The van der Waals surface area contributed by atoms with E-state index in [9.17, 15) is 4.79 Å². The van der Waals surface area contributed by atoms with E-state index in [2.05, 4.69) is 10.6 Å². The predicted molar refractivity (Wildman–Crippen MR) is 38.3 cm³/mol. The van der Waals surface area contributed by atoms with Gasteiger partial charge in [0, 0.05) is 13.2 Å². The lowest BCUT2D eigenvalue weighted by atomic mass is 10.4. The second kappa shape index (κ2) is 2.70. The summed E-state index contributed by atoms with van der Waals surface area (Å²) < 4.78 is 0. The molecule has 1 aliphatic rings. The van der Waals surface area contributed by atoms with Crippen molar-refractivity contribution in [2.45, 2.75) is 6.17 Å². The summed E-state index contributed by atoms with van der Waals surface area (Å²) in [6.07, 6.45) is 3.59. The summed E-state index contributed by atoms with van der Waals surface area (Å²) in [5.74, 6) is 0. The number of hydrogen-bond acceptors (Lipinski definition) is 2. The van der Waals surface area contributed by atoms with Crippen molar-refractivity contribution in [3.63, 3.8) is 0 Å². The summed E-state index contributed by atoms with van der Waals surface area (Å²) in [7, 11) is 3.50. The first kappa shape index (κ1) is 7.08. The largest absolute Gasteiger partial charge is 0.322 e. The van der Waals surface area contributed by atoms with E-state index in [0.29, 0.717) is 0 Å². The van der Waals surface area contributed by atoms with E-state index >= 15 is 0 Å². The Morgan fingerprint density at radius 3 is 3.00 bits per heavy atom. The number of nitrogens with zero attached hydrogens (tertiary/aromatic N) is 1. The molecule has 2 amide bonds. The molecular formula is C6H11N3O. The molecule has 0 aliphatic carbocycles. The smallest absolute Gasteiger partial charge is 0.319 e. The Labute approximate surface area is 59.9 Å². The molecule has 1 unspecified atom stereocenters. The molecule has 0 saturated heterocycles. The molecule has 10 heavy (non-hydrogen) atoms. The highest BCUT2D eigenvalue weighted by Crippen LogP contribution is 1.95. The molecule has 0 aromatic rings. The van der Waals surface area contributed by atoms with Crippen molar-refractivity contribution in [1.82, 2.24) is 15.5 Å². The van der Waals surface area contributed by atoms with Crippen LogP contribution in [0, 0.1) is 0 Å². The van der Waals surface area contributed by atoms with Gasteiger partial charge < -0.3 is 10.2 Å². The van der Waals surface area contributed by atoms with Crippen molar-refractivity contribution < 1.29 is 4.79 Å². The second-order valence-electron chi connectivity index (χ2n) is 2.17. The SMILES string of the molecule is CNC1C=CN(C)C(=O)N1. The minimum Gasteiger partial charge on any atom is -0.319 e. The molecule has 0 bridgehead atoms. The van der Waals surface area contributed by atoms with Crippen LogP contribution in [0.2, 0.25) is 0 Å². The van der Waals surface area contributed by atoms with E-state index in [1.165, 1.54) is 4.90 Å². The normalized spacial score (nSPS) is 24.8. The van der Waals surface area contributed by atoms with E-state index < -0.39 is 0 Å². The Kier molecular flexibility index (Phi) is 1.91. The van der Waals surface area contributed by atoms with E-state index in [0.717, 1.165) is 0 Å². The van der Waals surface area contributed by atoms with Crippen LogP contribution in [0.3, 0.4) is 0 Å². The van der Waals surface area contributed by atoms with Gasteiger partial charge in [0.2, 0.25) is 0 Å². The zero-order valence-electron chi connectivity index (χ0n) is 6.09. The molecule has 0 aromatic carbocycles. The fraction of sp³-hybridized carbons (Fsp3) is 0.500. The Bertz CT molecular complexity index is 166. The molecule has 0 fully saturated rings. The van der Waals surface area contributed by atoms with Crippen LogP contribution in [-0.4, -0.2) is 31.2 Å². The number of carbonyl (C=O) groups is 1. The lowest BCUT2D eigenvalue weighted by molar-refractivity contribution is 0.215. The van der Waals surface area contributed by atoms with Gasteiger partial charge in [0.25, 0.3) is 0 Å². The maximum Gasteiger partial charge on any atom is 0.322 e. The Morgan fingerprint density at radius 1 is 1.80 bits per heavy atom. The second-order valence-corrected chi connectivity index (χ2v) is 2.17. The van der Waals surface area contributed by atoms with Crippen molar-refractivity contribution in [1.29, 1.82) is 0 Å². The minimum atomic E-state index is -0.0816. The molecule has 1 rings (SSSR count). The van der Waals surface area contributed by atoms with Gasteiger partial charge in [-0.05, 0) is 13.1 Å². The first-order chi connectivity index (χ1) is 4.74. The average Bonchev–Trinajstić information content (AvgIpc) is 1.95. The maximum absolute atomic E-state index is 10.9. The molecule has 1 aliphatic heterocycles. The van der Waals surface area contributed by atoms with E-state index in [1.807, 2.05) is 6.08 Å². The molecule has 1 atom stereocenters. The summed E-state index contributed by atoms with van der Waals surface area (Å²) in [6, 6.07) is -0.0816. The van der Waals surface area contributed by atoms with Gasteiger partial charge in [0.05, 0.1) is 0 Å². The van der Waals surface area contributed by atoms with Gasteiger partial charge in [-0.3, -0.25) is 5.32 Å². The first-order valence-electron chi connectivity index (χ1n) is 3.13. The third-order valence-electron chi connectivity index (χ3n) is 1.41. The Hall–Kier alpha value is -1.03. The van der Waals surface area contributed by atoms with E-state index in [4.69, 9.17) is 0 Å². The number of likely N-dealkylation sites (N-methyl/N-ethyl adjacent to an activating group) is 1. The number of amides is 2. The van der Waals surface area contributed by atoms with Crippen molar-refractivity contribution in [3.05, 3.63) is 12.3 Å². The Morgan fingerprint density at radius 2 is 2.50 bits per heavy atom. The van der Waals surface area contributed by atoms with Crippen LogP contribution >= 0.6 is 0 Å². The van der Waals surface area contributed by atoms with Gasteiger partial charge in [-0.1, -0.05) is 0 Å². The highest BCUT2D eigenvalue weighted by Gasteiger charge is 2.14. The van der Waals surface area contributed by atoms with Gasteiger partial charge in [-0.25, -0.2) is 4.79 Å². The van der Waals surface area contributed by atoms with Crippen LogP contribution in [0.5, 0.6) is 0 Å². The van der Waals surface area contributed by atoms with Crippen molar-refractivity contribution in [3.8, 4) is 0 Å². The van der Waals surface area contributed by atoms with Crippen molar-refractivity contribution >= 4 is 6.03 Å². The third kappa shape index (κ3) is 1.27. The van der Waals surface area contributed by atoms with Crippen molar-refractivity contribution in [2.75, 3.05) is 14.1 Å². The van der Waals surface area contributed by atoms with Crippen LogP contribution in [-0.2, 0) is 0 Å². The molecule has 56 valence electrons. The summed E-state index contributed by atoms with van der Waals surface area (Å²) in [5, 5.41) is 5.61. The predicted octanol–water partition coefficient (Wildman–Crippen LogP) is -0.299. The molecule has 0 aromatic heterocycles. The number of rotatable bonds is 1. The zero-order chi connectivity index (χ0) is 7.56. The molecule has 0 saturated carbocycles. The third-order valence-corrected chi connectivity index (χ3v) is 1.41. The van der Waals surface area contributed by atoms with Crippen molar-refractivity contribution in [2.24, 2.45) is 0 Å². The summed E-state index contributed by atoms with van der Waals surface area (Å²) in [5.41, 5.74) is 0. The topological polar surface area (TPSA) is 44.4 Å². The zero-order valence-corrected chi connectivity index (χ0v) is 6.09. The number of urea groups is 1. The van der Waals surface area contributed by atoms with Gasteiger partial charge >= 0.3 is 6.03 Å². The van der Waals surface area contributed by atoms with E-state index in [-0.39, 0.29) is 12.2 Å². The number of carbonyl (C=O) groups excluding carboxylic acids is 1. The highest BCUT2D eigenvalue weighted by molar-refractivity contribution is 5.76. The standard InChI is InChI=1S/C6H11N3O/c1-7-5-3-4-9(2)6(10)8-5/h3-5,7H,1-2H3,(H,8,10). The van der Waals surface area contributed by atoms with Crippen LogP contribution in [0.25, 0.3) is 0 Å². The van der Waals surface area contributed by atoms with E-state index in [1.54, 1.807) is 20.3 Å². The Balaban J connectivity index is 2.59. The maximum atomic E-state index is 10.9. The molecular weight excluding hydrogens is 130 g/mol. The van der Waals surface area contributed by atoms with Crippen LogP contribution in [0.4, 0.5) is 4.79 Å². The minimum absolute atomic E-state index is 0.0244. The van der Waals surface area contributed by atoms with Gasteiger partial charge in [-0.2, -0.15) is 0 Å². The average molecular weight is 141 g/mol. The summed E-state index contributed by atoms with van der Waals surface area (Å²) in [4.78, 5) is 12.4. The fourth-order valence-electron chi connectivity index (χ4n) is 0.734. The first-order valence-corrected chi connectivity index (χ1v) is 3.13.